The number of hydrogen-bond acceptors (Lipinski definition) is 36. The maximum Gasteiger partial charge on any atom is 0.338 e. The Kier molecular flexibility index (Phi) is 25.6. The molecule has 4 saturated heterocycles. The molecule has 36 heteroatoms. The molecule has 8 bridgehead atoms. The zero-order valence-electron chi connectivity index (χ0n) is 61.4. The van der Waals surface area contributed by atoms with E-state index in [1.54, 1.807) is 24.3 Å². The van der Waals surface area contributed by atoms with Gasteiger partial charge in [0.15, 0.2) is 86.7 Å². The van der Waals surface area contributed by atoms with Crippen molar-refractivity contribution in [1.29, 1.82) is 0 Å². The Balaban J connectivity index is 0.000000157. The van der Waals surface area contributed by atoms with Crippen LogP contribution in [0.15, 0.2) is 158 Å². The molecule has 6 aromatic rings. The molecule has 0 spiro atoms. The summed E-state index contributed by atoms with van der Waals surface area (Å²) in [7, 11) is 0. The molecule has 8 fully saturated rings. The predicted octanol–water partition coefficient (Wildman–Crippen LogP) is 3.28. The molecule has 16 atom stereocenters. The van der Waals surface area contributed by atoms with E-state index in [1.807, 2.05) is 0 Å². The quantitative estimate of drug-likeness (QED) is 0.0254. The van der Waals surface area contributed by atoms with Gasteiger partial charge in [0.05, 0.1) is 6.10 Å². The molecule has 620 valence electrons. The van der Waals surface area contributed by atoms with Gasteiger partial charge in [-0.15, -0.1) is 0 Å². The third kappa shape index (κ3) is 20.8. The fourth-order valence-corrected chi connectivity index (χ4v) is 13.6. The van der Waals surface area contributed by atoms with Gasteiger partial charge in [-0.05, 0) is 143 Å². The minimum atomic E-state index is -1.88. The molecule has 0 amide bonds. The van der Waals surface area contributed by atoms with E-state index in [0.29, 0.717) is 33.4 Å². The third-order valence-corrected chi connectivity index (χ3v) is 19.7. The van der Waals surface area contributed by atoms with Crippen LogP contribution in [0, 0.1) is 0 Å². The van der Waals surface area contributed by atoms with Crippen LogP contribution in [-0.4, -0.2) is 237 Å². The van der Waals surface area contributed by atoms with E-state index in [4.69, 9.17) is 47.4 Å². The first-order valence-electron chi connectivity index (χ1n) is 35.9. The number of aliphatic hydroxyl groups is 6. The SMILES string of the molecule is O=C(/C=C/c1ccc(O)c(O)c1)OC1C[C@]2(O)CC(OC2=O)[C@@H]1O.O=C(/C=C/c1ccc(O)c(O)c1)OC1C[C@]2(O)CC(OC2=O)[C@@H]1OC(=O)/C=C/c1ccc(O)c(O)c1.O=C(/C=C/c1ccc(O)c(O)c1)O[C@@H]1C(O)C[C@]2(O)CC1OC2=O.O=C(/C=C/c1ccc(O)cc1)OC1C[C@]2(O)CC(OC2=O)[C@@H]1OC(=O)/C=C/c1ccc(O)cc1. The zero-order valence-corrected chi connectivity index (χ0v) is 61.4. The van der Waals surface area contributed by atoms with Crippen molar-refractivity contribution < 1.29 is 177 Å². The number of phenolic OH excluding ortho intramolecular Hbond substituents is 10. The number of ether oxygens (including phenoxy) is 10. The largest absolute Gasteiger partial charge is 0.508 e. The van der Waals surface area contributed by atoms with Crippen molar-refractivity contribution in [2.75, 3.05) is 0 Å². The van der Waals surface area contributed by atoms with Crippen LogP contribution in [0.2, 0.25) is 0 Å². The van der Waals surface area contributed by atoms with Crippen LogP contribution in [0.1, 0.15) is 84.7 Å². The van der Waals surface area contributed by atoms with Crippen molar-refractivity contribution in [3.63, 3.8) is 0 Å². The third-order valence-electron chi connectivity index (χ3n) is 19.7. The van der Waals surface area contributed by atoms with Gasteiger partial charge in [-0.3, -0.25) is 0 Å². The number of aromatic hydroxyl groups is 10. The van der Waals surface area contributed by atoms with Crippen molar-refractivity contribution in [2.24, 2.45) is 0 Å². The topological polar surface area (TPSA) is 587 Å². The summed E-state index contributed by atoms with van der Waals surface area (Å²) in [6.45, 7) is 0. The van der Waals surface area contributed by atoms with Crippen molar-refractivity contribution in [3.8, 4) is 57.5 Å². The molecule has 0 radical (unpaired) electrons. The van der Waals surface area contributed by atoms with Gasteiger partial charge >= 0.3 is 59.7 Å². The van der Waals surface area contributed by atoms with Crippen molar-refractivity contribution in [1.82, 2.24) is 0 Å². The van der Waals surface area contributed by atoms with Crippen LogP contribution in [0.3, 0.4) is 0 Å². The van der Waals surface area contributed by atoms with Crippen LogP contribution < -0.4 is 0 Å². The van der Waals surface area contributed by atoms with Gasteiger partial charge in [0.25, 0.3) is 0 Å². The molecular formula is C82H76O36. The molecule has 16 N–H and O–H groups in total. The highest BCUT2D eigenvalue weighted by molar-refractivity contribution is 5.92. The zero-order chi connectivity index (χ0) is 85.3. The predicted molar refractivity (Wildman–Crippen MR) is 397 cm³/mol. The summed E-state index contributed by atoms with van der Waals surface area (Å²) < 4.78 is 52.0. The van der Waals surface area contributed by atoms with Crippen LogP contribution in [0.25, 0.3) is 36.5 Å². The molecule has 8 unspecified atom stereocenters. The maximum absolute atomic E-state index is 12.5. The van der Waals surface area contributed by atoms with Gasteiger partial charge in [-0.1, -0.05) is 48.5 Å². The summed E-state index contributed by atoms with van der Waals surface area (Å²) in [5.41, 5.74) is -4.20. The van der Waals surface area contributed by atoms with Crippen LogP contribution in [0.4, 0.5) is 0 Å². The summed E-state index contributed by atoms with van der Waals surface area (Å²) in [5, 5.41) is 155. The first kappa shape index (κ1) is 85.1. The number of phenols is 10. The number of hydrogen-bond donors (Lipinski definition) is 16. The molecule has 6 aromatic carbocycles. The Morgan fingerprint density at radius 2 is 0.525 bits per heavy atom. The standard InChI is InChI=1S/C25H22O11.C25H22O9.2C16H16O8/c26-15-5-1-13(9-17(15)28)3-7-21(30)34-19-11-25(33)12-20(35-24(25)32)23(19)36-22(31)8-4-14-2-6-16(27)18(29)10-14;26-17-7-1-15(2-8-17)5-11-21(28)32-19-13-25(31)14-20(33-24(25)30)23(19)34-22(29)12-6-16-3-9-18(27)10-4-16;17-9-3-1-8(5-10(9)18)2-4-13(19)23-11-6-16(22)7-12(14(11)20)24-15(16)21;17-9-3-1-8(5-10(9)18)2-4-13(20)24-14-11(19)6-16(22)7-12(14)23-15(16)21/h1-10,19-20,23,26-29,33H,11-12H2;1-12,19-20,23,26-27,31H,13-14H2;1-5,11-12,14,17-18,20,22H,6-7H2;1-5,11-12,14,17-19,22H,6-7H2/b7-3+,8-4+;11-5+,12-6+;2*4-2+/t2*19?,20?,23-,25+;2*11?,12?,14-,16+/m1111/s1. The lowest BCUT2D eigenvalue weighted by Crippen LogP contribution is -2.51. The number of carbonyl (C=O) groups excluding carboxylic acids is 10. The summed E-state index contributed by atoms with van der Waals surface area (Å²) in [6.07, 6.45) is 0.482. The molecule has 0 aromatic heterocycles. The number of esters is 10. The first-order chi connectivity index (χ1) is 55.8. The first-order valence-corrected chi connectivity index (χ1v) is 35.9. The van der Waals surface area contributed by atoms with Gasteiger partial charge in [-0.25, -0.2) is 47.9 Å². The number of fused-ring (bicyclic) bond motifs is 8. The van der Waals surface area contributed by atoms with Crippen molar-refractivity contribution >= 4 is 96.1 Å². The minimum Gasteiger partial charge on any atom is -0.508 e. The van der Waals surface area contributed by atoms with Crippen molar-refractivity contribution in [3.05, 3.63) is 191 Å². The summed E-state index contributed by atoms with van der Waals surface area (Å²) in [4.78, 5) is 121. The fourth-order valence-electron chi connectivity index (χ4n) is 13.6. The summed E-state index contributed by atoms with van der Waals surface area (Å²) >= 11 is 0. The van der Waals surface area contributed by atoms with Gasteiger partial charge in [0, 0.05) is 87.8 Å². The summed E-state index contributed by atoms with van der Waals surface area (Å²) in [5.74, 6) is -10.7. The highest BCUT2D eigenvalue weighted by Gasteiger charge is 2.63. The fraction of sp³-hybridized carbons (Fsp3) is 0.293. The average Bonchev–Trinajstić information content (AvgIpc) is 1.65. The molecule has 4 aliphatic heterocycles. The van der Waals surface area contributed by atoms with E-state index < -0.39 is 155 Å². The molecule has 14 rings (SSSR count). The Hall–Kier alpha value is -13.8. The summed E-state index contributed by atoms with van der Waals surface area (Å²) in [6, 6.07) is 28.1. The van der Waals surface area contributed by atoms with Gasteiger partial charge in [0.1, 0.15) is 60.3 Å². The second kappa shape index (κ2) is 35.5. The lowest BCUT2D eigenvalue weighted by atomic mass is 9.82. The van der Waals surface area contributed by atoms with Gasteiger partial charge in [-0.2, -0.15) is 0 Å². The molecular weight excluding hydrogens is 1560 g/mol. The molecule has 118 heavy (non-hydrogen) atoms. The molecule has 4 saturated carbocycles. The molecule has 8 aliphatic rings. The Morgan fingerprint density at radius 1 is 0.288 bits per heavy atom. The second-order valence-electron chi connectivity index (χ2n) is 28.4. The Labute approximate surface area is 666 Å². The van der Waals surface area contributed by atoms with Crippen LogP contribution in [0.5, 0.6) is 57.5 Å². The van der Waals surface area contributed by atoms with Crippen LogP contribution in [-0.2, 0) is 95.3 Å². The van der Waals surface area contributed by atoms with E-state index in [2.05, 4.69) is 0 Å². The normalized spacial score (nSPS) is 28.1. The van der Waals surface area contributed by atoms with E-state index >= 15 is 0 Å². The number of carbonyl (C=O) groups is 10. The maximum atomic E-state index is 12.5. The van der Waals surface area contributed by atoms with E-state index in [-0.39, 0.29) is 109 Å². The molecule has 4 heterocycles. The van der Waals surface area contributed by atoms with E-state index in [9.17, 15) is 130 Å². The van der Waals surface area contributed by atoms with Gasteiger partial charge in [0.2, 0.25) is 0 Å². The average molecular weight is 1640 g/mol. The minimum absolute atomic E-state index is 0.0241. The second-order valence-corrected chi connectivity index (χ2v) is 28.4. The lowest BCUT2D eigenvalue weighted by Gasteiger charge is -2.35. The van der Waals surface area contributed by atoms with Crippen LogP contribution >= 0.6 is 0 Å². The van der Waals surface area contributed by atoms with E-state index in [1.165, 1.54) is 134 Å². The van der Waals surface area contributed by atoms with Crippen molar-refractivity contribution in [2.45, 2.75) is 147 Å². The Bertz CT molecular complexity index is 5040. The highest BCUT2D eigenvalue weighted by atomic mass is 16.7. The lowest BCUT2D eigenvalue weighted by molar-refractivity contribution is -0.178. The molecule has 4 aliphatic carbocycles. The number of aliphatic hydroxyl groups excluding tert-OH is 2. The van der Waals surface area contributed by atoms with Gasteiger partial charge < -0.3 is 129 Å². The number of rotatable bonds is 18. The Morgan fingerprint density at radius 3 is 0.839 bits per heavy atom. The molecule has 36 nitrogen and oxygen atoms in total. The highest BCUT2D eigenvalue weighted by Crippen LogP contribution is 2.45. The monoisotopic (exact) mass is 1640 g/mol. The number of benzene rings is 6. The van der Waals surface area contributed by atoms with E-state index in [0.717, 1.165) is 36.5 Å². The smallest absolute Gasteiger partial charge is 0.338 e.